The molecular formula is C30H36N2O2. The third kappa shape index (κ3) is 6.34. The van der Waals surface area contributed by atoms with Crippen molar-refractivity contribution in [1.29, 1.82) is 0 Å². The van der Waals surface area contributed by atoms with E-state index in [1.165, 1.54) is 16.7 Å². The summed E-state index contributed by atoms with van der Waals surface area (Å²) in [6, 6.07) is 31.6. The fraction of sp³-hybridized carbons (Fsp3) is 0.367. The van der Waals surface area contributed by atoms with Gasteiger partial charge < -0.3 is 9.64 Å². The summed E-state index contributed by atoms with van der Waals surface area (Å²) in [4.78, 5) is 17.5. The van der Waals surface area contributed by atoms with Gasteiger partial charge in [-0.1, -0.05) is 91.0 Å². The highest BCUT2D eigenvalue weighted by Gasteiger charge is 2.31. The maximum absolute atomic E-state index is 12.9. The highest BCUT2D eigenvalue weighted by atomic mass is 16.5. The molecule has 1 aliphatic heterocycles. The summed E-state index contributed by atoms with van der Waals surface area (Å²) < 4.78 is 6.44. The van der Waals surface area contributed by atoms with E-state index in [4.69, 9.17) is 4.74 Å². The lowest BCUT2D eigenvalue weighted by molar-refractivity contribution is -0.137. The second kappa shape index (κ2) is 12.0. The smallest absolute Gasteiger partial charge is 0.223 e. The maximum atomic E-state index is 12.9. The van der Waals surface area contributed by atoms with Crippen LogP contribution >= 0.6 is 0 Å². The molecule has 2 atom stereocenters. The van der Waals surface area contributed by atoms with Gasteiger partial charge in [0.25, 0.3) is 0 Å². The molecule has 0 N–H and O–H groups in total. The summed E-state index contributed by atoms with van der Waals surface area (Å²) in [5.74, 6) is 0.257. The van der Waals surface area contributed by atoms with E-state index >= 15 is 0 Å². The van der Waals surface area contributed by atoms with E-state index in [2.05, 4.69) is 84.3 Å². The molecule has 4 nitrogen and oxygen atoms in total. The van der Waals surface area contributed by atoms with E-state index in [9.17, 15) is 4.79 Å². The fourth-order valence-corrected chi connectivity index (χ4v) is 4.83. The van der Waals surface area contributed by atoms with Gasteiger partial charge in [-0.15, -0.1) is 0 Å². The van der Waals surface area contributed by atoms with Gasteiger partial charge in [0, 0.05) is 38.1 Å². The van der Waals surface area contributed by atoms with E-state index in [-0.39, 0.29) is 18.1 Å². The Labute approximate surface area is 204 Å². The van der Waals surface area contributed by atoms with Gasteiger partial charge in [0.1, 0.15) is 6.10 Å². The van der Waals surface area contributed by atoms with Crippen LogP contribution in [0.25, 0.3) is 0 Å². The van der Waals surface area contributed by atoms with Gasteiger partial charge in [0.15, 0.2) is 0 Å². The molecule has 4 rings (SSSR count). The predicted molar refractivity (Wildman–Crippen MR) is 138 cm³/mol. The summed E-state index contributed by atoms with van der Waals surface area (Å²) in [6.45, 7) is 7.53. The van der Waals surface area contributed by atoms with Crippen LogP contribution in [0.4, 0.5) is 0 Å². The number of piperazine rings is 1. The lowest BCUT2D eigenvalue weighted by Crippen LogP contribution is -2.58. The normalized spacial score (nSPS) is 18.9. The Morgan fingerprint density at radius 1 is 0.824 bits per heavy atom. The molecule has 2 unspecified atom stereocenters. The van der Waals surface area contributed by atoms with Gasteiger partial charge >= 0.3 is 0 Å². The number of nitrogens with zero attached hydrogens (tertiary/aromatic N) is 2. The van der Waals surface area contributed by atoms with Crippen molar-refractivity contribution >= 4 is 5.91 Å². The highest BCUT2D eigenvalue weighted by Crippen LogP contribution is 2.26. The average molecular weight is 457 g/mol. The van der Waals surface area contributed by atoms with Crippen LogP contribution in [0.1, 0.15) is 43.1 Å². The van der Waals surface area contributed by atoms with E-state index < -0.39 is 0 Å². The van der Waals surface area contributed by atoms with Crippen LogP contribution < -0.4 is 0 Å². The quantitative estimate of drug-likeness (QED) is 0.435. The Morgan fingerprint density at radius 2 is 1.38 bits per heavy atom. The molecule has 0 radical (unpaired) electrons. The molecule has 0 aliphatic carbocycles. The average Bonchev–Trinajstić information content (AvgIpc) is 2.88. The molecule has 1 fully saturated rings. The summed E-state index contributed by atoms with van der Waals surface area (Å²) in [5.41, 5.74) is 3.56. The van der Waals surface area contributed by atoms with Crippen molar-refractivity contribution in [1.82, 2.24) is 9.80 Å². The van der Waals surface area contributed by atoms with Crippen LogP contribution in [-0.2, 0) is 16.0 Å². The van der Waals surface area contributed by atoms with Gasteiger partial charge in [-0.25, -0.2) is 0 Å². The molecule has 1 amide bonds. The summed E-state index contributed by atoms with van der Waals surface area (Å²) >= 11 is 0. The number of rotatable bonds is 9. The number of aryl methyl sites for hydroxylation is 1. The van der Waals surface area contributed by atoms with Crippen molar-refractivity contribution < 1.29 is 9.53 Å². The first-order valence-electron chi connectivity index (χ1n) is 12.4. The van der Waals surface area contributed by atoms with E-state index in [1.54, 1.807) is 0 Å². The van der Waals surface area contributed by atoms with Gasteiger partial charge in [-0.3, -0.25) is 9.69 Å². The Kier molecular flexibility index (Phi) is 8.51. The molecule has 3 aromatic carbocycles. The first-order chi connectivity index (χ1) is 16.6. The monoisotopic (exact) mass is 456 g/mol. The number of ether oxygens (including phenoxy) is 1. The Morgan fingerprint density at radius 3 is 1.97 bits per heavy atom. The molecule has 1 heterocycles. The van der Waals surface area contributed by atoms with Crippen molar-refractivity contribution in [2.45, 2.75) is 44.9 Å². The fourth-order valence-electron chi connectivity index (χ4n) is 4.83. The van der Waals surface area contributed by atoms with Crippen LogP contribution in [-0.4, -0.2) is 54.0 Å². The van der Waals surface area contributed by atoms with Crippen LogP contribution in [0.5, 0.6) is 0 Å². The zero-order chi connectivity index (χ0) is 23.8. The third-order valence-corrected chi connectivity index (χ3v) is 6.77. The number of carbonyl (C=O) groups excluding carboxylic acids is 1. The molecule has 0 bridgehead atoms. The predicted octanol–water partition coefficient (Wildman–Crippen LogP) is 5.35. The molecule has 4 heteroatoms. The van der Waals surface area contributed by atoms with Crippen molar-refractivity contribution in [2.24, 2.45) is 0 Å². The van der Waals surface area contributed by atoms with Crippen LogP contribution in [0.15, 0.2) is 91.0 Å². The minimum absolute atomic E-state index is 0.0732. The highest BCUT2D eigenvalue weighted by molar-refractivity contribution is 5.77. The number of benzene rings is 3. The first kappa shape index (κ1) is 24.2. The lowest BCUT2D eigenvalue weighted by Gasteiger charge is -2.44. The molecule has 34 heavy (non-hydrogen) atoms. The second-order valence-electron chi connectivity index (χ2n) is 9.30. The molecule has 178 valence electrons. The number of hydrogen-bond donors (Lipinski definition) is 0. The summed E-state index contributed by atoms with van der Waals surface area (Å²) in [7, 11) is 0. The second-order valence-corrected chi connectivity index (χ2v) is 9.30. The summed E-state index contributed by atoms with van der Waals surface area (Å²) in [6.07, 6.45) is 1.30. The van der Waals surface area contributed by atoms with E-state index in [0.717, 1.165) is 26.1 Å². The van der Waals surface area contributed by atoms with Crippen LogP contribution in [0.2, 0.25) is 0 Å². The van der Waals surface area contributed by atoms with Crippen LogP contribution in [0, 0.1) is 0 Å². The standard InChI is InChI=1S/C30H36N2O2/c1-24-23-32(29(33)19-18-26-12-6-3-7-13-26)25(2)22-31(24)20-21-34-30(27-14-8-4-9-15-27)28-16-10-5-11-17-28/h3-17,24-25,30H,18-23H2,1-2H3. The number of carbonyl (C=O) groups is 1. The largest absolute Gasteiger partial charge is 0.367 e. The minimum Gasteiger partial charge on any atom is -0.367 e. The Balaban J connectivity index is 1.30. The molecule has 1 saturated heterocycles. The zero-order valence-corrected chi connectivity index (χ0v) is 20.3. The van der Waals surface area contributed by atoms with Crippen molar-refractivity contribution in [2.75, 3.05) is 26.2 Å². The molecule has 0 saturated carbocycles. The van der Waals surface area contributed by atoms with E-state index in [0.29, 0.717) is 19.1 Å². The minimum atomic E-state index is -0.0732. The van der Waals surface area contributed by atoms with Gasteiger partial charge in [-0.05, 0) is 37.0 Å². The molecule has 1 aliphatic rings. The topological polar surface area (TPSA) is 32.8 Å². The van der Waals surface area contributed by atoms with Gasteiger partial charge in [0.2, 0.25) is 5.91 Å². The third-order valence-electron chi connectivity index (χ3n) is 6.77. The SMILES string of the molecule is CC1CN(C(=O)CCc2ccccc2)C(C)CN1CCOC(c1ccccc1)c1ccccc1. The molecule has 0 spiro atoms. The van der Waals surface area contributed by atoms with E-state index in [1.807, 2.05) is 30.3 Å². The van der Waals surface area contributed by atoms with Crippen molar-refractivity contribution in [3.8, 4) is 0 Å². The van der Waals surface area contributed by atoms with Crippen molar-refractivity contribution in [3.63, 3.8) is 0 Å². The Hall–Kier alpha value is -2.95. The Bertz CT molecular complexity index is 970. The first-order valence-corrected chi connectivity index (χ1v) is 12.4. The molecular weight excluding hydrogens is 420 g/mol. The van der Waals surface area contributed by atoms with Crippen molar-refractivity contribution in [3.05, 3.63) is 108 Å². The number of hydrogen-bond acceptors (Lipinski definition) is 3. The van der Waals surface area contributed by atoms with Gasteiger partial charge in [-0.2, -0.15) is 0 Å². The van der Waals surface area contributed by atoms with Gasteiger partial charge in [0.05, 0.1) is 6.61 Å². The maximum Gasteiger partial charge on any atom is 0.223 e. The summed E-state index contributed by atoms with van der Waals surface area (Å²) in [5, 5.41) is 0. The lowest BCUT2D eigenvalue weighted by atomic mass is 10.0. The zero-order valence-electron chi connectivity index (χ0n) is 20.3. The number of amides is 1. The molecule has 3 aromatic rings. The van der Waals surface area contributed by atoms with Crippen LogP contribution in [0.3, 0.4) is 0 Å². The molecule has 0 aromatic heterocycles.